The Morgan fingerprint density at radius 1 is 0.415 bits per heavy atom. The summed E-state index contributed by atoms with van der Waals surface area (Å²) in [6.07, 6.45) is 0. The Morgan fingerprint density at radius 3 is 1.34 bits per heavy atom. The molecule has 0 fully saturated rings. The van der Waals surface area contributed by atoms with Crippen molar-refractivity contribution >= 4 is 67.9 Å². The van der Waals surface area contributed by atoms with Crippen LogP contribution in [0.3, 0.4) is 0 Å². The highest BCUT2D eigenvalue weighted by Gasteiger charge is 2.58. The smallest absolute Gasteiger partial charge is 0.264 e. The SMILES string of the molecule is Cc1cc2c3c(c1)N(c1ccc(C(C)(C)C)cc1)c1c(sc4c1-c1ccc(C(C)C)cc1C41c4ccccc4-c4ccccc41)B3c1cc3c(cc1N2c1ccc(C(C)(C)C)cc1)C1(c2ccccc2-c2ccccc21)c1ccccc1-3. The molecule has 82 heavy (non-hydrogen) atoms. The first-order valence-corrected chi connectivity index (χ1v) is 30.5. The van der Waals surface area contributed by atoms with Gasteiger partial charge in [-0.1, -0.05) is 225 Å². The van der Waals surface area contributed by atoms with Crippen molar-refractivity contribution in [2.45, 2.75) is 89.9 Å². The molecule has 0 N–H and O–H groups in total. The second kappa shape index (κ2) is 16.4. The fourth-order valence-electron chi connectivity index (χ4n) is 16.2. The van der Waals surface area contributed by atoms with Gasteiger partial charge in [-0.15, -0.1) is 11.3 Å². The fourth-order valence-corrected chi connectivity index (χ4v) is 17.8. The van der Waals surface area contributed by atoms with Gasteiger partial charge in [0, 0.05) is 43.7 Å². The average Bonchev–Trinajstić information content (AvgIpc) is 3.14. The van der Waals surface area contributed by atoms with Gasteiger partial charge in [0.1, 0.15) is 0 Å². The molecular weight excluding hydrogens is 1010 g/mol. The molecule has 394 valence electrons. The molecule has 6 aliphatic rings. The number of hydrogen-bond donors (Lipinski definition) is 0. The van der Waals surface area contributed by atoms with Gasteiger partial charge in [0.15, 0.2) is 0 Å². The first kappa shape index (κ1) is 48.3. The lowest BCUT2D eigenvalue weighted by Crippen LogP contribution is -2.60. The Labute approximate surface area is 487 Å². The van der Waals surface area contributed by atoms with E-state index in [1.165, 1.54) is 160 Å². The van der Waals surface area contributed by atoms with Crippen LogP contribution in [-0.4, -0.2) is 6.71 Å². The van der Waals surface area contributed by atoms with Gasteiger partial charge in [-0.3, -0.25) is 0 Å². The van der Waals surface area contributed by atoms with Crippen molar-refractivity contribution in [2.24, 2.45) is 0 Å². The zero-order chi connectivity index (χ0) is 55.5. The lowest BCUT2D eigenvalue weighted by molar-refractivity contribution is 0.590. The molecule has 2 spiro atoms. The molecule has 0 radical (unpaired) electrons. The molecule has 2 nitrogen and oxygen atoms in total. The third-order valence-corrected chi connectivity index (χ3v) is 21.2. The Balaban J connectivity index is 1.03. The van der Waals surface area contributed by atoms with E-state index in [0.29, 0.717) is 5.92 Å². The number of aryl methyl sites for hydroxylation is 1. The molecule has 4 aliphatic carbocycles. The summed E-state index contributed by atoms with van der Waals surface area (Å²) in [6.45, 7) is 20.9. The summed E-state index contributed by atoms with van der Waals surface area (Å²) < 4.78 is 1.41. The van der Waals surface area contributed by atoms with E-state index in [1.807, 2.05) is 0 Å². The van der Waals surface area contributed by atoms with Crippen LogP contribution in [0.2, 0.25) is 0 Å². The minimum atomic E-state index is -0.512. The van der Waals surface area contributed by atoms with Gasteiger partial charge in [-0.2, -0.15) is 0 Å². The van der Waals surface area contributed by atoms with Crippen molar-refractivity contribution in [3.8, 4) is 44.5 Å². The number of benzene rings is 10. The van der Waals surface area contributed by atoms with E-state index in [1.54, 1.807) is 0 Å². The molecule has 0 unspecified atom stereocenters. The summed E-state index contributed by atoms with van der Waals surface area (Å²) in [5, 5.41) is 0. The topological polar surface area (TPSA) is 6.48 Å². The summed E-state index contributed by atoms with van der Waals surface area (Å²) >= 11 is 2.09. The molecule has 0 atom stereocenters. The van der Waals surface area contributed by atoms with Crippen LogP contribution in [0.4, 0.5) is 34.1 Å². The molecule has 17 rings (SSSR count). The van der Waals surface area contributed by atoms with Crippen molar-refractivity contribution in [1.29, 1.82) is 0 Å². The highest BCUT2D eigenvalue weighted by atomic mass is 32.1. The predicted molar refractivity (Wildman–Crippen MR) is 347 cm³/mol. The molecule has 4 heteroatoms. The molecule has 0 saturated carbocycles. The van der Waals surface area contributed by atoms with Crippen molar-refractivity contribution in [2.75, 3.05) is 9.80 Å². The largest absolute Gasteiger partial charge is 0.311 e. The molecule has 0 saturated heterocycles. The first-order chi connectivity index (χ1) is 39.7. The number of fused-ring (bicyclic) bond motifs is 25. The Hall–Kier alpha value is -8.44. The maximum absolute atomic E-state index is 2.71. The number of hydrogen-bond acceptors (Lipinski definition) is 3. The maximum atomic E-state index is 2.71. The maximum Gasteiger partial charge on any atom is 0.264 e. The molecule has 0 amide bonds. The van der Waals surface area contributed by atoms with Gasteiger partial charge in [0.25, 0.3) is 6.71 Å². The quantitative estimate of drug-likeness (QED) is 0.163. The molecule has 3 heterocycles. The Bertz CT molecular complexity index is 4510. The highest BCUT2D eigenvalue weighted by molar-refractivity contribution is 7.30. The van der Waals surface area contributed by atoms with Gasteiger partial charge in [0.2, 0.25) is 0 Å². The second-order valence-corrected chi connectivity index (χ2v) is 27.6. The van der Waals surface area contributed by atoms with Crippen LogP contribution in [0.1, 0.15) is 127 Å². The monoisotopic (exact) mass is 1070 g/mol. The Kier molecular flexibility index (Phi) is 9.65. The minimum Gasteiger partial charge on any atom is -0.311 e. The highest BCUT2D eigenvalue weighted by Crippen LogP contribution is 2.68. The van der Waals surface area contributed by atoms with Crippen LogP contribution in [0.15, 0.2) is 212 Å². The first-order valence-electron chi connectivity index (χ1n) is 29.6. The van der Waals surface area contributed by atoms with E-state index in [9.17, 15) is 0 Å². The number of thiophene rings is 1. The van der Waals surface area contributed by atoms with E-state index in [2.05, 4.69) is 296 Å². The standard InChI is InChI=1S/C78H63BN2S/c1-45(2)47-30-39-57-64(42-47)78(62-28-18-12-22-54(62)55-23-13-19-29-63(55)78)73-70(57)72-74(82-73)79-66-43-58-56-24-14-17-27-61(56)77(59-25-15-10-20-52(59)53-21-11-16-26-60(53)77)65(58)44-67(66)80(50-35-31-48(32-36-50)75(4,5)6)68-40-46(3)41-69(71(68)79)81(72)51-37-33-49(34-38-51)76(7,8)9/h10-45H,1-9H3. The fraction of sp³-hybridized carbons (Fsp3) is 0.179. The molecular formula is C78H63BN2S. The average molecular weight is 1070 g/mol. The van der Waals surface area contributed by atoms with Crippen molar-refractivity contribution in [3.63, 3.8) is 0 Å². The third-order valence-electron chi connectivity index (χ3n) is 19.8. The summed E-state index contributed by atoms with van der Waals surface area (Å²) in [6, 6.07) is 83.6. The van der Waals surface area contributed by atoms with Crippen molar-refractivity contribution < 1.29 is 0 Å². The van der Waals surface area contributed by atoms with Gasteiger partial charge < -0.3 is 9.80 Å². The molecule has 11 aromatic rings. The normalized spacial score (nSPS) is 15.4. The van der Waals surface area contributed by atoms with Gasteiger partial charge >= 0.3 is 0 Å². The van der Waals surface area contributed by atoms with Gasteiger partial charge in [-0.05, 0) is 177 Å². The summed E-state index contributed by atoms with van der Waals surface area (Å²) in [5.41, 5.74) is 34.7. The lowest BCUT2D eigenvalue weighted by Gasteiger charge is -2.44. The second-order valence-electron chi connectivity index (χ2n) is 26.6. The van der Waals surface area contributed by atoms with E-state index >= 15 is 0 Å². The van der Waals surface area contributed by atoms with Crippen LogP contribution in [-0.2, 0) is 21.7 Å². The number of anilines is 6. The summed E-state index contributed by atoms with van der Waals surface area (Å²) in [7, 11) is 0. The lowest BCUT2D eigenvalue weighted by atomic mass is 9.36. The van der Waals surface area contributed by atoms with E-state index in [0.717, 1.165) is 0 Å². The minimum absolute atomic E-state index is 0.000140. The summed E-state index contributed by atoms with van der Waals surface area (Å²) in [4.78, 5) is 6.80. The molecule has 1 aromatic heterocycles. The Morgan fingerprint density at radius 2 is 0.854 bits per heavy atom. The molecule has 0 bridgehead atoms. The third kappa shape index (κ3) is 6.01. The molecule has 10 aromatic carbocycles. The number of nitrogens with zero attached hydrogens (tertiary/aromatic N) is 2. The van der Waals surface area contributed by atoms with E-state index < -0.39 is 10.8 Å². The van der Waals surface area contributed by atoms with Crippen molar-refractivity contribution in [1.82, 2.24) is 0 Å². The van der Waals surface area contributed by atoms with Crippen molar-refractivity contribution in [3.05, 3.63) is 278 Å². The zero-order valence-electron chi connectivity index (χ0n) is 48.2. The van der Waals surface area contributed by atoms with Crippen LogP contribution >= 0.6 is 11.3 Å². The number of rotatable bonds is 3. The summed E-state index contributed by atoms with van der Waals surface area (Å²) in [5.74, 6) is 0.372. The predicted octanol–water partition coefficient (Wildman–Crippen LogP) is 18.5. The van der Waals surface area contributed by atoms with Crippen LogP contribution < -0.4 is 25.5 Å². The zero-order valence-corrected chi connectivity index (χ0v) is 49.0. The van der Waals surface area contributed by atoms with Gasteiger partial charge in [0.05, 0.1) is 16.5 Å². The van der Waals surface area contributed by atoms with Crippen LogP contribution in [0, 0.1) is 6.92 Å². The molecule has 2 aliphatic heterocycles. The van der Waals surface area contributed by atoms with Gasteiger partial charge in [-0.25, -0.2) is 0 Å². The van der Waals surface area contributed by atoms with Crippen LogP contribution in [0.5, 0.6) is 0 Å². The van der Waals surface area contributed by atoms with Crippen LogP contribution in [0.25, 0.3) is 44.5 Å². The van der Waals surface area contributed by atoms with E-state index in [4.69, 9.17) is 0 Å². The van der Waals surface area contributed by atoms with E-state index in [-0.39, 0.29) is 17.5 Å².